The third-order valence-electron chi connectivity index (χ3n) is 3.19. The fourth-order valence-corrected chi connectivity index (χ4v) is 3.21. The predicted octanol–water partition coefficient (Wildman–Crippen LogP) is -0.0634. The molecular formula is C10H18N2O3S. The molecule has 2 aliphatic rings. The maximum absolute atomic E-state index is 11.8. The van der Waals surface area contributed by atoms with Crippen LogP contribution in [0.2, 0.25) is 0 Å². The molecule has 0 spiro atoms. The molecule has 5 nitrogen and oxygen atoms in total. The van der Waals surface area contributed by atoms with E-state index in [2.05, 4.69) is 5.32 Å². The van der Waals surface area contributed by atoms with E-state index in [1.54, 1.807) is 0 Å². The molecule has 92 valence electrons. The van der Waals surface area contributed by atoms with E-state index in [9.17, 15) is 13.2 Å². The van der Waals surface area contributed by atoms with Gasteiger partial charge >= 0.3 is 0 Å². The Morgan fingerprint density at radius 2 is 2.06 bits per heavy atom. The highest BCUT2D eigenvalue weighted by Gasteiger charge is 2.36. The number of carbonyl (C=O) groups excluding carboxylic acids is 1. The molecule has 1 saturated carbocycles. The van der Waals surface area contributed by atoms with Crippen molar-refractivity contribution < 1.29 is 13.2 Å². The fourth-order valence-electron chi connectivity index (χ4n) is 2.08. The van der Waals surface area contributed by atoms with Gasteiger partial charge < -0.3 is 5.32 Å². The topological polar surface area (TPSA) is 66.5 Å². The summed E-state index contributed by atoms with van der Waals surface area (Å²) in [5.74, 6) is 0.492. The Morgan fingerprint density at radius 1 is 1.38 bits per heavy atom. The molecule has 1 amide bonds. The molecule has 0 aromatic carbocycles. The zero-order chi connectivity index (χ0) is 11.8. The molecule has 1 heterocycles. The van der Waals surface area contributed by atoms with Crippen molar-refractivity contribution in [1.82, 2.24) is 9.62 Å². The third-order valence-corrected chi connectivity index (χ3v) is 4.48. The largest absolute Gasteiger partial charge is 0.354 e. The van der Waals surface area contributed by atoms with Gasteiger partial charge in [0.15, 0.2) is 0 Å². The molecule has 1 atom stereocenters. The van der Waals surface area contributed by atoms with Gasteiger partial charge in [-0.15, -0.1) is 0 Å². The fraction of sp³-hybridized carbons (Fsp3) is 0.900. The minimum Gasteiger partial charge on any atom is -0.354 e. The van der Waals surface area contributed by atoms with E-state index >= 15 is 0 Å². The van der Waals surface area contributed by atoms with E-state index in [0.29, 0.717) is 25.4 Å². The summed E-state index contributed by atoms with van der Waals surface area (Å²) in [5.41, 5.74) is 0. The number of nitrogens with zero attached hydrogens (tertiary/aromatic N) is 1. The van der Waals surface area contributed by atoms with Crippen molar-refractivity contribution in [3.63, 3.8) is 0 Å². The first kappa shape index (κ1) is 11.9. The van der Waals surface area contributed by atoms with Gasteiger partial charge in [-0.25, -0.2) is 8.42 Å². The maximum Gasteiger partial charge on any atom is 0.238 e. The summed E-state index contributed by atoms with van der Waals surface area (Å²) in [5, 5.41) is 2.84. The van der Waals surface area contributed by atoms with Gasteiger partial charge in [0.2, 0.25) is 15.9 Å². The Hall–Kier alpha value is -0.620. The monoisotopic (exact) mass is 246 g/mol. The Morgan fingerprint density at radius 3 is 2.62 bits per heavy atom. The molecule has 1 aliphatic heterocycles. The molecule has 0 radical (unpaired) electrons. The van der Waals surface area contributed by atoms with Crippen LogP contribution in [0.25, 0.3) is 0 Å². The van der Waals surface area contributed by atoms with Crippen molar-refractivity contribution in [2.75, 3.05) is 19.3 Å². The van der Waals surface area contributed by atoms with Crippen LogP contribution in [0.5, 0.6) is 0 Å². The molecule has 0 aromatic heterocycles. The van der Waals surface area contributed by atoms with Crippen LogP contribution < -0.4 is 5.32 Å². The molecule has 2 fully saturated rings. The van der Waals surface area contributed by atoms with Gasteiger partial charge in [-0.2, -0.15) is 4.31 Å². The van der Waals surface area contributed by atoms with Crippen LogP contribution in [0.1, 0.15) is 25.7 Å². The number of hydrogen-bond acceptors (Lipinski definition) is 3. The Balaban J connectivity index is 1.93. The van der Waals surface area contributed by atoms with Gasteiger partial charge in [-0.1, -0.05) is 0 Å². The number of carbonyl (C=O) groups is 1. The molecule has 0 bridgehead atoms. The lowest BCUT2D eigenvalue weighted by Crippen LogP contribution is -2.45. The molecule has 16 heavy (non-hydrogen) atoms. The summed E-state index contributed by atoms with van der Waals surface area (Å²) in [4.78, 5) is 11.8. The normalized spacial score (nSPS) is 26.9. The summed E-state index contributed by atoms with van der Waals surface area (Å²) >= 11 is 0. The van der Waals surface area contributed by atoms with Crippen molar-refractivity contribution in [1.29, 1.82) is 0 Å². The Kier molecular flexibility index (Phi) is 3.21. The van der Waals surface area contributed by atoms with Gasteiger partial charge in [-0.3, -0.25) is 4.79 Å². The molecule has 1 aliphatic carbocycles. The lowest BCUT2D eigenvalue weighted by Gasteiger charge is -2.21. The van der Waals surface area contributed by atoms with E-state index in [4.69, 9.17) is 0 Å². The van der Waals surface area contributed by atoms with E-state index in [1.807, 2.05) is 0 Å². The van der Waals surface area contributed by atoms with Crippen LogP contribution in [0.15, 0.2) is 0 Å². The van der Waals surface area contributed by atoms with Crippen molar-refractivity contribution in [2.45, 2.75) is 31.7 Å². The Bertz CT molecular complexity index is 376. The third kappa shape index (κ3) is 2.74. The van der Waals surface area contributed by atoms with E-state index in [-0.39, 0.29) is 5.91 Å². The highest BCUT2D eigenvalue weighted by Crippen LogP contribution is 2.28. The van der Waals surface area contributed by atoms with Gasteiger partial charge in [-0.05, 0) is 31.6 Å². The number of nitrogens with one attached hydrogen (secondary N) is 1. The first-order valence-electron chi connectivity index (χ1n) is 5.73. The molecule has 1 saturated heterocycles. The predicted molar refractivity (Wildman–Crippen MR) is 60.3 cm³/mol. The van der Waals surface area contributed by atoms with Crippen molar-refractivity contribution in [3.8, 4) is 0 Å². The summed E-state index contributed by atoms with van der Waals surface area (Å²) in [6.07, 6.45) is 4.94. The van der Waals surface area contributed by atoms with Crippen molar-refractivity contribution >= 4 is 15.9 Å². The SMILES string of the molecule is CS(=O)(=O)N1CCC[C@H]1C(=O)NCC1CC1. The van der Waals surface area contributed by atoms with Gasteiger partial charge in [0.05, 0.1) is 6.26 Å². The number of amides is 1. The highest BCUT2D eigenvalue weighted by atomic mass is 32.2. The van der Waals surface area contributed by atoms with Crippen LogP contribution in [-0.2, 0) is 14.8 Å². The lowest BCUT2D eigenvalue weighted by atomic mass is 10.2. The van der Waals surface area contributed by atoms with Crippen LogP contribution in [0.4, 0.5) is 0 Å². The quantitative estimate of drug-likeness (QED) is 0.755. The first-order chi connectivity index (χ1) is 7.48. The van der Waals surface area contributed by atoms with E-state index in [1.165, 1.54) is 23.4 Å². The smallest absolute Gasteiger partial charge is 0.238 e. The average molecular weight is 246 g/mol. The number of sulfonamides is 1. The summed E-state index contributed by atoms with van der Waals surface area (Å²) in [6, 6.07) is -0.478. The summed E-state index contributed by atoms with van der Waals surface area (Å²) < 4.78 is 24.2. The molecule has 0 unspecified atom stereocenters. The zero-order valence-corrected chi connectivity index (χ0v) is 10.3. The maximum atomic E-state index is 11.8. The second kappa shape index (κ2) is 4.33. The van der Waals surface area contributed by atoms with Crippen LogP contribution in [0.3, 0.4) is 0 Å². The minimum absolute atomic E-state index is 0.130. The zero-order valence-electron chi connectivity index (χ0n) is 9.48. The van der Waals surface area contributed by atoms with Crippen LogP contribution in [0, 0.1) is 5.92 Å². The minimum atomic E-state index is -3.25. The van der Waals surface area contributed by atoms with Gasteiger partial charge in [0.25, 0.3) is 0 Å². The number of rotatable bonds is 4. The molecule has 2 rings (SSSR count). The second-order valence-electron chi connectivity index (χ2n) is 4.72. The van der Waals surface area contributed by atoms with Gasteiger partial charge in [0.1, 0.15) is 6.04 Å². The van der Waals surface area contributed by atoms with E-state index in [0.717, 1.165) is 6.42 Å². The molecule has 0 aromatic rings. The summed E-state index contributed by atoms with van der Waals surface area (Å²) in [7, 11) is -3.25. The van der Waals surface area contributed by atoms with Crippen molar-refractivity contribution in [2.24, 2.45) is 5.92 Å². The average Bonchev–Trinajstić information content (AvgIpc) is 2.86. The second-order valence-corrected chi connectivity index (χ2v) is 6.66. The van der Waals surface area contributed by atoms with Crippen LogP contribution >= 0.6 is 0 Å². The van der Waals surface area contributed by atoms with Gasteiger partial charge in [0, 0.05) is 13.1 Å². The van der Waals surface area contributed by atoms with E-state index < -0.39 is 16.1 Å². The first-order valence-corrected chi connectivity index (χ1v) is 7.58. The van der Waals surface area contributed by atoms with Crippen LogP contribution in [-0.4, -0.2) is 44.0 Å². The lowest BCUT2D eigenvalue weighted by molar-refractivity contribution is -0.124. The number of hydrogen-bond donors (Lipinski definition) is 1. The highest BCUT2D eigenvalue weighted by molar-refractivity contribution is 7.88. The molecule has 6 heteroatoms. The Labute approximate surface area is 96.2 Å². The van der Waals surface area contributed by atoms with Crippen molar-refractivity contribution in [3.05, 3.63) is 0 Å². The molecule has 1 N–H and O–H groups in total. The summed E-state index contributed by atoms with van der Waals surface area (Å²) in [6.45, 7) is 1.17. The molecular weight excluding hydrogens is 228 g/mol. The standard InChI is InChI=1S/C10H18N2O3S/c1-16(14,15)12-6-2-3-9(12)10(13)11-7-8-4-5-8/h8-9H,2-7H2,1H3,(H,11,13)/t9-/m0/s1.